The third-order valence-electron chi connectivity index (χ3n) is 2.14. The monoisotopic (exact) mass is 234 g/mol. The number of nitrogens with zero attached hydrogens (tertiary/aromatic N) is 5. The largest absolute Gasteiger partial charge is 0.334 e. The molecule has 90 valence electrons. The van der Waals surface area contributed by atoms with Crippen LogP contribution in [0.15, 0.2) is 23.2 Å². The topological polar surface area (TPSA) is 94.0 Å². The van der Waals surface area contributed by atoms with Gasteiger partial charge < -0.3 is 15.2 Å². The summed E-state index contributed by atoms with van der Waals surface area (Å²) in [5.74, 6) is 0.868. The lowest BCUT2D eigenvalue weighted by molar-refractivity contribution is 0.357. The lowest BCUT2D eigenvalue weighted by atomic mass is 10.3. The number of aromatic nitrogens is 4. The van der Waals surface area contributed by atoms with Gasteiger partial charge in [-0.3, -0.25) is 0 Å². The van der Waals surface area contributed by atoms with E-state index < -0.39 is 0 Å². The second kappa shape index (κ2) is 4.98. The highest BCUT2D eigenvalue weighted by molar-refractivity contribution is 5.48. The minimum atomic E-state index is -0.271. The Labute approximate surface area is 98.7 Å². The highest BCUT2D eigenvalue weighted by atomic mass is 16.5. The van der Waals surface area contributed by atoms with Crippen molar-refractivity contribution in [3.05, 3.63) is 24.5 Å². The van der Waals surface area contributed by atoms with Gasteiger partial charge in [0.15, 0.2) is 5.82 Å². The maximum absolute atomic E-state index is 5.93. The molecule has 2 heterocycles. The van der Waals surface area contributed by atoms with Crippen molar-refractivity contribution in [3.63, 3.8) is 0 Å². The molecule has 2 N–H and O–H groups in total. The number of hydrogen-bond donors (Lipinski definition) is 1. The van der Waals surface area contributed by atoms with Gasteiger partial charge in [0.05, 0.1) is 11.6 Å². The fourth-order valence-corrected chi connectivity index (χ4v) is 1.39. The minimum absolute atomic E-state index is 0.271. The van der Waals surface area contributed by atoms with Crippen LogP contribution in [-0.2, 0) is 0 Å². The van der Waals surface area contributed by atoms with E-state index in [1.807, 2.05) is 19.0 Å². The summed E-state index contributed by atoms with van der Waals surface area (Å²) < 4.78 is 5.11. The molecule has 1 unspecified atom stereocenters. The zero-order valence-corrected chi connectivity index (χ0v) is 9.74. The first-order chi connectivity index (χ1) is 8.16. The van der Waals surface area contributed by atoms with Gasteiger partial charge in [0, 0.05) is 18.9 Å². The summed E-state index contributed by atoms with van der Waals surface area (Å²) in [6.07, 6.45) is 4.67. The van der Waals surface area contributed by atoms with Gasteiger partial charge >= 0.3 is 0 Å². The molecule has 0 amide bonds. The molecule has 2 aromatic rings. The van der Waals surface area contributed by atoms with Gasteiger partial charge in [-0.1, -0.05) is 5.16 Å². The van der Waals surface area contributed by atoms with Crippen molar-refractivity contribution in [2.75, 3.05) is 20.6 Å². The van der Waals surface area contributed by atoms with Crippen molar-refractivity contribution >= 4 is 0 Å². The standard InChI is InChI=1S/C10H14N6O/c1-16(2)5-8(11)9-14-10(17-15-9)7-3-12-6-13-4-7/h3-4,6,8H,5,11H2,1-2H3. The Hall–Kier alpha value is -1.86. The average molecular weight is 234 g/mol. The molecule has 0 fully saturated rings. The maximum Gasteiger partial charge on any atom is 0.261 e. The molecule has 0 radical (unpaired) electrons. The molecule has 0 bridgehead atoms. The maximum atomic E-state index is 5.93. The summed E-state index contributed by atoms with van der Waals surface area (Å²) in [6.45, 7) is 0.657. The van der Waals surface area contributed by atoms with E-state index in [4.69, 9.17) is 10.3 Å². The molecule has 17 heavy (non-hydrogen) atoms. The van der Waals surface area contributed by atoms with Gasteiger partial charge in [0.25, 0.3) is 5.89 Å². The number of nitrogens with two attached hydrogens (primary N) is 1. The molecule has 0 saturated heterocycles. The van der Waals surface area contributed by atoms with Crippen molar-refractivity contribution < 1.29 is 4.52 Å². The second-order valence-electron chi connectivity index (χ2n) is 3.95. The van der Waals surface area contributed by atoms with Gasteiger partial charge in [-0.25, -0.2) is 9.97 Å². The molecular weight excluding hydrogens is 220 g/mol. The molecule has 0 aliphatic rings. The Kier molecular flexibility index (Phi) is 3.40. The Balaban J connectivity index is 2.16. The Morgan fingerprint density at radius 1 is 1.35 bits per heavy atom. The number of rotatable bonds is 4. The van der Waals surface area contributed by atoms with Crippen molar-refractivity contribution in [2.45, 2.75) is 6.04 Å². The summed E-state index contributed by atoms with van der Waals surface area (Å²) in [5.41, 5.74) is 6.61. The minimum Gasteiger partial charge on any atom is -0.334 e. The van der Waals surface area contributed by atoms with Crippen LogP contribution in [0.3, 0.4) is 0 Å². The predicted molar refractivity (Wildman–Crippen MR) is 60.8 cm³/mol. The fraction of sp³-hybridized carbons (Fsp3) is 0.400. The third kappa shape index (κ3) is 2.83. The summed E-state index contributed by atoms with van der Waals surface area (Å²) in [6, 6.07) is -0.271. The van der Waals surface area contributed by atoms with Crippen LogP contribution in [0.1, 0.15) is 11.9 Å². The Morgan fingerprint density at radius 3 is 2.71 bits per heavy atom. The van der Waals surface area contributed by atoms with Crippen molar-refractivity contribution in [1.82, 2.24) is 25.0 Å². The van der Waals surface area contributed by atoms with Crippen molar-refractivity contribution in [2.24, 2.45) is 5.73 Å². The number of likely N-dealkylation sites (N-methyl/N-ethyl adjacent to an activating group) is 1. The molecular formula is C10H14N6O. The SMILES string of the molecule is CN(C)CC(N)c1noc(-c2cncnc2)n1. The zero-order valence-electron chi connectivity index (χ0n) is 9.74. The average Bonchev–Trinajstić information content (AvgIpc) is 2.78. The highest BCUT2D eigenvalue weighted by Gasteiger charge is 2.16. The molecule has 7 heteroatoms. The summed E-state index contributed by atoms with van der Waals surface area (Å²) in [4.78, 5) is 14.0. The van der Waals surface area contributed by atoms with Crippen molar-refractivity contribution in [1.29, 1.82) is 0 Å². The lowest BCUT2D eigenvalue weighted by Crippen LogP contribution is -2.26. The predicted octanol–water partition coefficient (Wildman–Crippen LogP) is 0.0880. The van der Waals surface area contributed by atoms with E-state index in [0.29, 0.717) is 23.8 Å². The quantitative estimate of drug-likeness (QED) is 0.800. The summed E-state index contributed by atoms with van der Waals surface area (Å²) >= 11 is 0. The Morgan fingerprint density at radius 2 is 2.06 bits per heavy atom. The van der Waals surface area contributed by atoms with Crippen LogP contribution >= 0.6 is 0 Å². The van der Waals surface area contributed by atoms with Gasteiger partial charge in [-0.2, -0.15) is 4.98 Å². The fourth-order valence-electron chi connectivity index (χ4n) is 1.39. The second-order valence-corrected chi connectivity index (χ2v) is 3.95. The first kappa shape index (κ1) is 11.6. The van der Waals surface area contributed by atoms with E-state index in [1.165, 1.54) is 6.33 Å². The Bertz CT molecular complexity index is 469. The van der Waals surface area contributed by atoms with Crippen LogP contribution in [0.25, 0.3) is 11.5 Å². The van der Waals surface area contributed by atoms with E-state index in [-0.39, 0.29) is 6.04 Å². The third-order valence-corrected chi connectivity index (χ3v) is 2.14. The first-order valence-corrected chi connectivity index (χ1v) is 5.16. The zero-order chi connectivity index (χ0) is 12.3. The van der Waals surface area contributed by atoms with Gasteiger partial charge in [-0.15, -0.1) is 0 Å². The molecule has 7 nitrogen and oxygen atoms in total. The van der Waals surface area contributed by atoms with E-state index in [9.17, 15) is 0 Å². The lowest BCUT2D eigenvalue weighted by Gasteiger charge is -2.12. The van der Waals surface area contributed by atoms with E-state index in [1.54, 1.807) is 12.4 Å². The number of hydrogen-bond acceptors (Lipinski definition) is 7. The van der Waals surface area contributed by atoms with Gasteiger partial charge in [0.2, 0.25) is 0 Å². The van der Waals surface area contributed by atoms with Gasteiger partial charge in [0.1, 0.15) is 6.33 Å². The van der Waals surface area contributed by atoms with Crippen LogP contribution in [0.2, 0.25) is 0 Å². The van der Waals surface area contributed by atoms with E-state index in [2.05, 4.69) is 20.1 Å². The van der Waals surface area contributed by atoms with E-state index in [0.717, 1.165) is 0 Å². The summed E-state index contributed by atoms with van der Waals surface area (Å²) in [7, 11) is 3.87. The smallest absolute Gasteiger partial charge is 0.261 e. The molecule has 0 aromatic carbocycles. The van der Waals surface area contributed by atoms with Crippen LogP contribution < -0.4 is 5.73 Å². The van der Waals surface area contributed by atoms with E-state index >= 15 is 0 Å². The molecule has 0 aliphatic carbocycles. The molecule has 1 atom stereocenters. The normalized spacial score (nSPS) is 12.9. The van der Waals surface area contributed by atoms with Gasteiger partial charge in [-0.05, 0) is 14.1 Å². The van der Waals surface area contributed by atoms with Crippen LogP contribution in [0, 0.1) is 0 Å². The van der Waals surface area contributed by atoms with Crippen LogP contribution in [-0.4, -0.2) is 45.6 Å². The molecule has 2 rings (SSSR count). The molecule has 0 spiro atoms. The first-order valence-electron chi connectivity index (χ1n) is 5.16. The van der Waals surface area contributed by atoms with Crippen LogP contribution in [0.4, 0.5) is 0 Å². The van der Waals surface area contributed by atoms with Crippen molar-refractivity contribution in [3.8, 4) is 11.5 Å². The molecule has 2 aromatic heterocycles. The molecule has 0 saturated carbocycles. The molecule has 0 aliphatic heterocycles. The van der Waals surface area contributed by atoms with Crippen LogP contribution in [0.5, 0.6) is 0 Å². The highest BCUT2D eigenvalue weighted by Crippen LogP contribution is 2.16. The summed E-state index contributed by atoms with van der Waals surface area (Å²) in [5, 5.41) is 3.85.